The molecule has 24 heavy (non-hydrogen) atoms. The van der Waals surface area contributed by atoms with Gasteiger partial charge in [-0.15, -0.1) is 11.3 Å². The summed E-state index contributed by atoms with van der Waals surface area (Å²) in [5.41, 5.74) is 0.527. The normalized spacial score (nSPS) is 20.0. The van der Waals surface area contributed by atoms with Crippen molar-refractivity contribution < 1.29 is 13.2 Å². The minimum atomic E-state index is -4.27. The number of rotatable bonds is 4. The van der Waals surface area contributed by atoms with E-state index in [1.165, 1.54) is 49.3 Å². The number of alkyl halides is 3. The van der Waals surface area contributed by atoms with E-state index in [2.05, 4.69) is 9.80 Å². The first-order valence-electron chi connectivity index (χ1n) is 8.56. The Morgan fingerprint density at radius 1 is 1.08 bits per heavy atom. The van der Waals surface area contributed by atoms with Crippen molar-refractivity contribution in [3.8, 4) is 0 Å². The van der Waals surface area contributed by atoms with Gasteiger partial charge in [0.25, 0.3) is 0 Å². The van der Waals surface area contributed by atoms with E-state index in [1.807, 2.05) is 5.38 Å². The van der Waals surface area contributed by atoms with Crippen molar-refractivity contribution in [2.75, 3.05) is 37.6 Å². The molecule has 1 aromatic carbocycles. The van der Waals surface area contributed by atoms with Crippen molar-refractivity contribution in [2.24, 2.45) is 5.92 Å². The first-order valence-corrected chi connectivity index (χ1v) is 9.44. The van der Waals surface area contributed by atoms with E-state index in [-0.39, 0.29) is 0 Å². The van der Waals surface area contributed by atoms with Crippen LogP contribution >= 0.6 is 11.3 Å². The van der Waals surface area contributed by atoms with E-state index >= 15 is 0 Å². The van der Waals surface area contributed by atoms with Crippen LogP contribution in [0.25, 0.3) is 10.1 Å². The Balaban J connectivity index is 1.44. The molecule has 4 rings (SSSR count). The Hall–Kier alpha value is -1.27. The number of nitrogens with zero attached hydrogens (tertiary/aromatic N) is 2. The van der Waals surface area contributed by atoms with Crippen molar-refractivity contribution in [1.29, 1.82) is 0 Å². The molecule has 1 aromatic heterocycles. The summed E-state index contributed by atoms with van der Waals surface area (Å²) in [5, 5.41) is 2.95. The van der Waals surface area contributed by atoms with Gasteiger partial charge in [0.2, 0.25) is 0 Å². The van der Waals surface area contributed by atoms with Crippen LogP contribution in [0.15, 0.2) is 23.6 Å². The molecule has 0 N–H and O–H groups in total. The lowest BCUT2D eigenvalue weighted by Gasteiger charge is -2.36. The summed E-state index contributed by atoms with van der Waals surface area (Å²) in [6, 6.07) is 4.10. The average Bonchev–Trinajstić information content (AvgIpc) is 3.30. The molecular formula is C18H21F3N2S. The topological polar surface area (TPSA) is 6.48 Å². The summed E-state index contributed by atoms with van der Waals surface area (Å²) in [6.45, 7) is 5.20. The molecule has 2 aliphatic rings. The molecule has 2 heterocycles. The second-order valence-electron chi connectivity index (χ2n) is 6.89. The molecule has 0 bridgehead atoms. The predicted molar refractivity (Wildman–Crippen MR) is 92.8 cm³/mol. The van der Waals surface area contributed by atoms with Crippen molar-refractivity contribution in [2.45, 2.75) is 25.4 Å². The maximum atomic E-state index is 12.8. The lowest BCUT2D eigenvalue weighted by molar-refractivity contribution is -0.137. The second-order valence-corrected chi connectivity index (χ2v) is 7.80. The van der Waals surface area contributed by atoms with Crippen LogP contribution in [0.1, 0.15) is 24.8 Å². The summed E-state index contributed by atoms with van der Waals surface area (Å²) >= 11 is 1.41. The third-order valence-electron chi connectivity index (χ3n) is 5.15. The fraction of sp³-hybridized carbons (Fsp3) is 0.556. The number of halogens is 3. The Morgan fingerprint density at radius 2 is 1.83 bits per heavy atom. The third-order valence-corrected chi connectivity index (χ3v) is 6.08. The first-order chi connectivity index (χ1) is 11.5. The van der Waals surface area contributed by atoms with Gasteiger partial charge in [0.1, 0.15) is 0 Å². The Kier molecular flexibility index (Phi) is 4.21. The highest BCUT2D eigenvalue weighted by Crippen LogP contribution is 2.38. The molecule has 1 saturated heterocycles. The molecule has 0 radical (unpaired) electrons. The molecule has 2 fully saturated rings. The van der Waals surface area contributed by atoms with Gasteiger partial charge in [0, 0.05) is 41.6 Å². The SMILES string of the molecule is FC(F)(F)c1ccc2c(N3CCN(CCC4CC4)CC3)csc2c1. The quantitative estimate of drug-likeness (QED) is 0.775. The molecule has 0 spiro atoms. The van der Waals surface area contributed by atoms with Crippen molar-refractivity contribution in [1.82, 2.24) is 4.90 Å². The first kappa shape index (κ1) is 16.2. The summed E-state index contributed by atoms with van der Waals surface area (Å²) in [5.74, 6) is 0.965. The summed E-state index contributed by atoms with van der Waals surface area (Å²) in [7, 11) is 0. The number of hydrogen-bond acceptors (Lipinski definition) is 3. The zero-order valence-electron chi connectivity index (χ0n) is 13.5. The van der Waals surface area contributed by atoms with E-state index in [4.69, 9.17) is 0 Å². The van der Waals surface area contributed by atoms with Gasteiger partial charge < -0.3 is 4.90 Å². The van der Waals surface area contributed by atoms with Gasteiger partial charge in [-0.25, -0.2) is 0 Å². The molecule has 1 aliphatic carbocycles. The number of anilines is 1. The number of thiophene rings is 1. The lowest BCUT2D eigenvalue weighted by atomic mass is 10.1. The average molecular weight is 354 g/mol. The monoisotopic (exact) mass is 354 g/mol. The zero-order chi connectivity index (χ0) is 16.7. The van der Waals surface area contributed by atoms with Crippen LogP contribution < -0.4 is 4.90 Å². The molecule has 1 saturated carbocycles. The Labute approximate surface area is 143 Å². The van der Waals surface area contributed by atoms with Crippen molar-refractivity contribution in [3.63, 3.8) is 0 Å². The van der Waals surface area contributed by atoms with E-state index in [1.54, 1.807) is 6.07 Å². The van der Waals surface area contributed by atoms with Crippen LogP contribution in [-0.4, -0.2) is 37.6 Å². The Morgan fingerprint density at radius 3 is 2.50 bits per heavy atom. The van der Waals surface area contributed by atoms with E-state index in [0.29, 0.717) is 0 Å². The fourth-order valence-corrected chi connectivity index (χ4v) is 4.43. The molecule has 2 nitrogen and oxygen atoms in total. The predicted octanol–water partition coefficient (Wildman–Crippen LogP) is 4.84. The van der Waals surface area contributed by atoms with Crippen LogP contribution in [0.5, 0.6) is 0 Å². The van der Waals surface area contributed by atoms with E-state index in [9.17, 15) is 13.2 Å². The molecule has 0 atom stereocenters. The second kappa shape index (κ2) is 6.23. The van der Waals surface area contributed by atoms with E-state index in [0.717, 1.165) is 47.9 Å². The van der Waals surface area contributed by atoms with Crippen LogP contribution in [0, 0.1) is 5.92 Å². The largest absolute Gasteiger partial charge is 0.416 e. The maximum absolute atomic E-state index is 12.8. The van der Waals surface area contributed by atoms with Gasteiger partial charge in [-0.1, -0.05) is 18.9 Å². The van der Waals surface area contributed by atoms with Gasteiger partial charge in [0.05, 0.1) is 11.3 Å². The molecule has 6 heteroatoms. The molecule has 0 amide bonds. The minimum Gasteiger partial charge on any atom is -0.368 e. The van der Waals surface area contributed by atoms with Gasteiger partial charge in [-0.2, -0.15) is 13.2 Å². The molecule has 1 aliphatic heterocycles. The molecule has 130 valence electrons. The van der Waals surface area contributed by atoms with Crippen LogP contribution in [0.4, 0.5) is 18.9 Å². The van der Waals surface area contributed by atoms with Crippen molar-refractivity contribution >= 4 is 27.1 Å². The van der Waals surface area contributed by atoms with E-state index < -0.39 is 11.7 Å². The lowest BCUT2D eigenvalue weighted by Crippen LogP contribution is -2.46. The minimum absolute atomic E-state index is 0.562. The number of hydrogen-bond donors (Lipinski definition) is 0. The van der Waals surface area contributed by atoms with Crippen LogP contribution in [-0.2, 0) is 6.18 Å². The zero-order valence-corrected chi connectivity index (χ0v) is 14.3. The van der Waals surface area contributed by atoms with Gasteiger partial charge in [-0.05, 0) is 31.0 Å². The Bertz CT molecular complexity index is 713. The molecule has 2 aromatic rings. The summed E-state index contributed by atoms with van der Waals surface area (Å²) in [6.07, 6.45) is -0.144. The van der Waals surface area contributed by atoms with Gasteiger partial charge >= 0.3 is 6.18 Å². The standard InChI is InChI=1S/C18H21F3N2S/c19-18(20,21)14-3-4-15-16(12-24-17(15)11-14)23-9-7-22(8-10-23)6-5-13-1-2-13/h3-4,11-13H,1-2,5-10H2. The maximum Gasteiger partial charge on any atom is 0.416 e. The highest BCUT2D eigenvalue weighted by molar-refractivity contribution is 7.17. The van der Waals surface area contributed by atoms with Crippen molar-refractivity contribution in [3.05, 3.63) is 29.1 Å². The van der Waals surface area contributed by atoms with Gasteiger partial charge in [-0.3, -0.25) is 4.90 Å². The molecular weight excluding hydrogens is 333 g/mol. The highest BCUT2D eigenvalue weighted by Gasteiger charge is 2.31. The highest BCUT2D eigenvalue weighted by atomic mass is 32.1. The van der Waals surface area contributed by atoms with Crippen LogP contribution in [0.3, 0.4) is 0 Å². The number of fused-ring (bicyclic) bond motifs is 1. The third kappa shape index (κ3) is 3.40. The summed E-state index contributed by atoms with van der Waals surface area (Å²) < 4.78 is 39.2. The smallest absolute Gasteiger partial charge is 0.368 e. The number of piperazine rings is 1. The fourth-order valence-electron chi connectivity index (χ4n) is 3.42. The number of benzene rings is 1. The van der Waals surface area contributed by atoms with Gasteiger partial charge in [0.15, 0.2) is 0 Å². The summed E-state index contributed by atoms with van der Waals surface area (Å²) in [4.78, 5) is 4.84. The molecule has 0 unspecified atom stereocenters. The van der Waals surface area contributed by atoms with Crippen LogP contribution in [0.2, 0.25) is 0 Å².